The van der Waals surface area contributed by atoms with Crippen molar-refractivity contribution in [3.63, 3.8) is 0 Å². The van der Waals surface area contributed by atoms with Gasteiger partial charge in [0.15, 0.2) is 0 Å². The van der Waals surface area contributed by atoms with Crippen LogP contribution in [0.1, 0.15) is 57.1 Å². The van der Waals surface area contributed by atoms with Crippen LogP contribution in [0, 0.1) is 0 Å². The fraction of sp³-hybridized carbons (Fsp3) is 0.800. The lowest BCUT2D eigenvalue weighted by molar-refractivity contribution is 0.155. The quantitative estimate of drug-likeness (QED) is 0.699. The number of rotatable bonds is 9. The molecule has 4 heteroatoms. The first kappa shape index (κ1) is 16.2. The fourth-order valence-electron chi connectivity index (χ4n) is 2.49. The van der Waals surface area contributed by atoms with E-state index in [2.05, 4.69) is 37.7 Å². The average molecular weight is 267 g/mol. The third kappa shape index (κ3) is 4.05. The maximum Gasteiger partial charge on any atom is 0.0727 e. The summed E-state index contributed by atoms with van der Waals surface area (Å²) in [7, 11) is 1.75. The Morgan fingerprint density at radius 1 is 1.26 bits per heavy atom. The highest BCUT2D eigenvalue weighted by molar-refractivity contribution is 5.27. The molecule has 0 bridgehead atoms. The Labute approximate surface area is 117 Å². The first-order valence-electron chi connectivity index (χ1n) is 7.48. The van der Waals surface area contributed by atoms with Crippen LogP contribution in [0.4, 0.5) is 0 Å². The summed E-state index contributed by atoms with van der Waals surface area (Å²) in [6.45, 7) is 11.4. The molecule has 1 heterocycles. The lowest BCUT2D eigenvalue weighted by atomic mass is 10.1. The van der Waals surface area contributed by atoms with Crippen molar-refractivity contribution in [2.75, 3.05) is 20.3 Å². The number of ether oxygens (including phenoxy) is 1. The van der Waals surface area contributed by atoms with Gasteiger partial charge in [0.1, 0.15) is 0 Å². The molecule has 1 rings (SSSR count). The first-order chi connectivity index (χ1) is 9.19. The summed E-state index contributed by atoms with van der Waals surface area (Å²) < 4.78 is 7.42. The molecule has 0 aliphatic heterocycles. The molecule has 0 aliphatic rings. The molecule has 0 fully saturated rings. The van der Waals surface area contributed by atoms with Gasteiger partial charge in [-0.2, -0.15) is 5.10 Å². The number of aryl methyl sites for hydroxylation is 1. The normalized spacial score (nSPS) is 12.9. The number of nitrogens with one attached hydrogen (secondary N) is 1. The van der Waals surface area contributed by atoms with Crippen LogP contribution in [0.15, 0.2) is 0 Å². The molecule has 1 aromatic heterocycles. The van der Waals surface area contributed by atoms with E-state index in [0.29, 0.717) is 12.6 Å². The number of hydrogen-bond acceptors (Lipinski definition) is 3. The van der Waals surface area contributed by atoms with Crippen molar-refractivity contribution in [2.45, 2.75) is 59.5 Å². The molecular weight excluding hydrogens is 238 g/mol. The van der Waals surface area contributed by atoms with Gasteiger partial charge < -0.3 is 10.1 Å². The monoisotopic (exact) mass is 267 g/mol. The molecular formula is C15H29N3O. The van der Waals surface area contributed by atoms with Crippen LogP contribution in [0.3, 0.4) is 0 Å². The van der Waals surface area contributed by atoms with E-state index >= 15 is 0 Å². The Hall–Kier alpha value is -0.870. The fourth-order valence-corrected chi connectivity index (χ4v) is 2.49. The van der Waals surface area contributed by atoms with Crippen molar-refractivity contribution in [1.82, 2.24) is 15.1 Å². The lowest BCUT2D eigenvalue weighted by Crippen LogP contribution is -2.18. The van der Waals surface area contributed by atoms with E-state index in [1.54, 1.807) is 7.11 Å². The smallest absolute Gasteiger partial charge is 0.0727 e. The van der Waals surface area contributed by atoms with Crippen molar-refractivity contribution < 1.29 is 4.74 Å². The van der Waals surface area contributed by atoms with Gasteiger partial charge in [0.2, 0.25) is 0 Å². The zero-order valence-electron chi connectivity index (χ0n) is 13.1. The Balaban J connectivity index is 2.99. The molecule has 0 aliphatic carbocycles. The first-order valence-corrected chi connectivity index (χ1v) is 7.48. The van der Waals surface area contributed by atoms with Crippen molar-refractivity contribution in [1.29, 1.82) is 0 Å². The van der Waals surface area contributed by atoms with Crippen LogP contribution in [-0.2, 0) is 24.1 Å². The second-order valence-electron chi connectivity index (χ2n) is 5.00. The zero-order valence-corrected chi connectivity index (χ0v) is 13.1. The summed E-state index contributed by atoms with van der Waals surface area (Å²) >= 11 is 0. The van der Waals surface area contributed by atoms with E-state index in [9.17, 15) is 0 Å². The summed E-state index contributed by atoms with van der Waals surface area (Å²) in [5.41, 5.74) is 3.97. The standard InChI is InChI=1S/C15H29N3O/c1-6-9-16-10-13-14(7-2)17-18(15(13)8-3)12(4)11-19-5/h12,16H,6-11H2,1-5H3. The molecule has 0 aromatic carbocycles. The molecule has 1 unspecified atom stereocenters. The van der Waals surface area contributed by atoms with Gasteiger partial charge in [0.25, 0.3) is 0 Å². The zero-order chi connectivity index (χ0) is 14.3. The van der Waals surface area contributed by atoms with Crippen molar-refractivity contribution in [2.24, 2.45) is 0 Å². The second-order valence-corrected chi connectivity index (χ2v) is 5.00. The number of hydrogen-bond donors (Lipinski definition) is 1. The number of nitrogens with zero attached hydrogens (tertiary/aromatic N) is 2. The maximum atomic E-state index is 5.26. The van der Waals surface area contributed by atoms with Crippen LogP contribution in [0.5, 0.6) is 0 Å². The van der Waals surface area contributed by atoms with Gasteiger partial charge in [0.05, 0.1) is 18.3 Å². The summed E-state index contributed by atoms with van der Waals surface area (Å²) in [6.07, 6.45) is 3.17. The minimum atomic E-state index is 0.296. The van der Waals surface area contributed by atoms with E-state index in [1.165, 1.54) is 17.0 Å². The highest BCUT2D eigenvalue weighted by atomic mass is 16.5. The van der Waals surface area contributed by atoms with Crippen molar-refractivity contribution in [3.05, 3.63) is 17.0 Å². The van der Waals surface area contributed by atoms with Gasteiger partial charge in [0, 0.05) is 24.9 Å². The Bertz CT molecular complexity index is 374. The molecule has 0 amide bonds. The molecule has 1 N–H and O–H groups in total. The van der Waals surface area contributed by atoms with Gasteiger partial charge in [-0.1, -0.05) is 20.8 Å². The summed E-state index contributed by atoms with van der Waals surface area (Å²) in [4.78, 5) is 0. The SMILES string of the molecule is CCCNCc1c(CC)nn(C(C)COC)c1CC. The largest absolute Gasteiger partial charge is 0.382 e. The molecule has 0 saturated heterocycles. The highest BCUT2D eigenvalue weighted by Crippen LogP contribution is 2.20. The molecule has 1 aromatic rings. The predicted molar refractivity (Wildman–Crippen MR) is 79.6 cm³/mol. The van der Waals surface area contributed by atoms with Crippen LogP contribution in [0.2, 0.25) is 0 Å². The maximum absolute atomic E-state index is 5.26. The van der Waals surface area contributed by atoms with Crippen LogP contribution < -0.4 is 5.32 Å². The van der Waals surface area contributed by atoms with E-state index < -0.39 is 0 Å². The Morgan fingerprint density at radius 2 is 2.00 bits per heavy atom. The number of methoxy groups -OCH3 is 1. The van der Waals surface area contributed by atoms with Crippen LogP contribution in [-0.4, -0.2) is 30.0 Å². The average Bonchev–Trinajstić information content (AvgIpc) is 2.77. The minimum Gasteiger partial charge on any atom is -0.382 e. The lowest BCUT2D eigenvalue weighted by Gasteiger charge is -2.15. The summed E-state index contributed by atoms with van der Waals surface area (Å²) in [5.74, 6) is 0. The number of aromatic nitrogens is 2. The molecule has 19 heavy (non-hydrogen) atoms. The topological polar surface area (TPSA) is 39.1 Å². The molecule has 4 nitrogen and oxygen atoms in total. The van der Waals surface area contributed by atoms with Gasteiger partial charge in [-0.05, 0) is 32.7 Å². The van der Waals surface area contributed by atoms with Crippen molar-refractivity contribution in [3.8, 4) is 0 Å². The predicted octanol–water partition coefficient (Wildman–Crippen LogP) is 2.71. The minimum absolute atomic E-state index is 0.296. The summed E-state index contributed by atoms with van der Waals surface area (Å²) in [6, 6.07) is 0.296. The molecule has 110 valence electrons. The molecule has 0 radical (unpaired) electrons. The third-order valence-corrected chi connectivity index (χ3v) is 3.43. The molecule has 0 saturated carbocycles. The highest BCUT2D eigenvalue weighted by Gasteiger charge is 2.18. The van der Waals surface area contributed by atoms with E-state index in [-0.39, 0.29) is 0 Å². The molecule has 1 atom stereocenters. The third-order valence-electron chi connectivity index (χ3n) is 3.43. The van der Waals surface area contributed by atoms with Gasteiger partial charge in [-0.3, -0.25) is 4.68 Å². The Morgan fingerprint density at radius 3 is 2.53 bits per heavy atom. The molecule has 0 spiro atoms. The summed E-state index contributed by atoms with van der Waals surface area (Å²) in [5, 5.41) is 8.29. The van der Waals surface area contributed by atoms with Gasteiger partial charge >= 0.3 is 0 Å². The van der Waals surface area contributed by atoms with Gasteiger partial charge in [-0.25, -0.2) is 0 Å². The van der Waals surface area contributed by atoms with Crippen LogP contribution in [0.25, 0.3) is 0 Å². The van der Waals surface area contributed by atoms with E-state index in [1.807, 2.05) is 0 Å². The second kappa shape index (κ2) is 8.33. The van der Waals surface area contributed by atoms with E-state index in [4.69, 9.17) is 9.84 Å². The Kier molecular flexibility index (Phi) is 7.10. The van der Waals surface area contributed by atoms with E-state index in [0.717, 1.165) is 32.4 Å². The van der Waals surface area contributed by atoms with Crippen LogP contribution >= 0.6 is 0 Å². The van der Waals surface area contributed by atoms with Crippen molar-refractivity contribution >= 4 is 0 Å². The van der Waals surface area contributed by atoms with Gasteiger partial charge in [-0.15, -0.1) is 0 Å².